The van der Waals surface area contributed by atoms with Gasteiger partial charge in [-0.15, -0.1) is 13.2 Å². The van der Waals surface area contributed by atoms with Crippen LogP contribution in [0.1, 0.15) is 36.5 Å². The minimum Gasteiger partial charge on any atom is -0.403 e. The highest BCUT2D eigenvalue weighted by Crippen LogP contribution is 2.28. The summed E-state index contributed by atoms with van der Waals surface area (Å²) in [7, 11) is 0. The molecule has 0 aromatic heterocycles. The van der Waals surface area contributed by atoms with Crippen molar-refractivity contribution in [3.8, 4) is 17.6 Å². The zero-order chi connectivity index (χ0) is 22.7. The maximum atomic E-state index is 13.9. The average molecular weight is 436 g/mol. The van der Waals surface area contributed by atoms with Gasteiger partial charge in [0.05, 0.1) is 0 Å². The van der Waals surface area contributed by atoms with Crippen molar-refractivity contribution < 1.29 is 22.3 Å². The van der Waals surface area contributed by atoms with Crippen LogP contribution in [0.5, 0.6) is 5.75 Å². The molecule has 0 aliphatic carbocycles. The van der Waals surface area contributed by atoms with E-state index in [1.165, 1.54) is 28.8 Å². The summed E-state index contributed by atoms with van der Waals surface area (Å²) < 4.78 is 54.3. The third kappa shape index (κ3) is 5.03. The fourth-order valence-electron chi connectivity index (χ4n) is 3.67. The van der Waals surface area contributed by atoms with Crippen LogP contribution < -0.4 is 4.74 Å². The monoisotopic (exact) mass is 436 g/mol. The van der Waals surface area contributed by atoms with Crippen molar-refractivity contribution in [3.63, 3.8) is 0 Å². The molecule has 0 unspecified atom stereocenters. The van der Waals surface area contributed by atoms with Gasteiger partial charge in [-0.25, -0.2) is 4.39 Å². The van der Waals surface area contributed by atoms with Crippen LogP contribution in [0, 0.1) is 17.7 Å². The third-order valence-electron chi connectivity index (χ3n) is 5.23. The zero-order valence-corrected chi connectivity index (χ0v) is 17.4. The van der Waals surface area contributed by atoms with E-state index in [4.69, 9.17) is 0 Å². The van der Waals surface area contributed by atoms with Crippen molar-refractivity contribution in [2.24, 2.45) is 0 Å². The van der Waals surface area contributed by atoms with Crippen molar-refractivity contribution in [2.75, 3.05) is 0 Å². The van der Waals surface area contributed by atoms with Crippen LogP contribution in [0.4, 0.5) is 17.6 Å². The smallest absolute Gasteiger partial charge is 0.403 e. The normalized spacial score (nSPS) is 11.4. The van der Waals surface area contributed by atoms with Crippen molar-refractivity contribution in [2.45, 2.75) is 32.5 Å². The highest BCUT2D eigenvalue weighted by molar-refractivity contribution is 6.07. The summed E-state index contributed by atoms with van der Waals surface area (Å²) in [4.78, 5) is 0. The van der Waals surface area contributed by atoms with Gasteiger partial charge < -0.3 is 4.74 Å². The molecule has 1 nitrogen and oxygen atoms in total. The van der Waals surface area contributed by atoms with Crippen molar-refractivity contribution in [1.82, 2.24) is 0 Å². The molecular formula is C27H20F4O. The number of rotatable bonds is 4. The Hall–Kier alpha value is -3.52. The molecule has 0 atom stereocenters. The van der Waals surface area contributed by atoms with E-state index in [0.717, 1.165) is 41.3 Å². The topological polar surface area (TPSA) is 9.23 Å². The molecule has 0 aliphatic rings. The van der Waals surface area contributed by atoms with E-state index in [2.05, 4.69) is 53.8 Å². The number of alkyl halides is 3. The van der Waals surface area contributed by atoms with E-state index in [0.29, 0.717) is 0 Å². The second-order valence-corrected chi connectivity index (χ2v) is 7.60. The average Bonchev–Trinajstić information content (AvgIpc) is 2.76. The molecule has 0 aliphatic heterocycles. The molecule has 4 aromatic rings. The number of hydrogen-bond donors (Lipinski definition) is 0. The van der Waals surface area contributed by atoms with E-state index in [1.807, 2.05) is 18.2 Å². The molecule has 0 saturated carbocycles. The predicted molar refractivity (Wildman–Crippen MR) is 119 cm³/mol. The summed E-state index contributed by atoms with van der Waals surface area (Å²) in [6.07, 6.45) is -1.54. The first-order valence-corrected chi connectivity index (χ1v) is 10.3. The van der Waals surface area contributed by atoms with Crippen molar-refractivity contribution in [1.29, 1.82) is 0 Å². The maximum absolute atomic E-state index is 13.9. The minimum absolute atomic E-state index is 0.259. The maximum Gasteiger partial charge on any atom is 0.573 e. The summed E-state index contributed by atoms with van der Waals surface area (Å²) in [5.74, 6) is 3.75. The number of fused-ring (bicyclic) bond motifs is 3. The molecular weight excluding hydrogens is 416 g/mol. The first kappa shape index (κ1) is 21.7. The molecule has 0 fully saturated rings. The second-order valence-electron chi connectivity index (χ2n) is 7.60. The minimum atomic E-state index is -4.94. The standard InChI is InChI=1S/C27H20F4O/c1-2-3-4-18-7-12-23-21(15-18)10-11-22-16-19(8-13-24(22)23)5-6-20-9-14-26(25(28)17-20)32-27(29,30)31/h7-17H,2-4H2,1H3. The van der Waals surface area contributed by atoms with Gasteiger partial charge in [0.2, 0.25) is 0 Å². The Morgan fingerprint density at radius 1 is 0.781 bits per heavy atom. The summed E-state index contributed by atoms with van der Waals surface area (Å²) >= 11 is 0. The number of halogens is 4. The molecule has 0 amide bonds. The highest BCUT2D eigenvalue weighted by atomic mass is 19.4. The van der Waals surface area contributed by atoms with Crippen molar-refractivity contribution >= 4 is 21.5 Å². The quantitative estimate of drug-likeness (QED) is 0.180. The first-order valence-electron chi connectivity index (χ1n) is 10.3. The zero-order valence-electron chi connectivity index (χ0n) is 17.4. The third-order valence-corrected chi connectivity index (χ3v) is 5.23. The van der Waals surface area contributed by atoms with E-state index < -0.39 is 17.9 Å². The number of benzene rings is 4. The van der Waals surface area contributed by atoms with Gasteiger partial charge in [-0.1, -0.05) is 61.6 Å². The highest BCUT2D eigenvalue weighted by Gasteiger charge is 2.32. The number of unbranched alkanes of at least 4 members (excludes halogenated alkanes) is 1. The van der Waals surface area contributed by atoms with E-state index in [9.17, 15) is 17.6 Å². The van der Waals surface area contributed by atoms with Gasteiger partial charge in [-0.3, -0.25) is 0 Å². The van der Waals surface area contributed by atoms with Crippen LogP contribution in [0.3, 0.4) is 0 Å². The fraction of sp³-hybridized carbons (Fsp3) is 0.185. The van der Waals surface area contributed by atoms with Crippen LogP contribution in [0.2, 0.25) is 0 Å². The molecule has 0 radical (unpaired) electrons. The summed E-state index contributed by atoms with van der Waals surface area (Å²) in [5, 5.41) is 4.52. The Labute approximate surface area is 183 Å². The first-order chi connectivity index (χ1) is 15.3. The Kier molecular flexibility index (Phi) is 6.05. The molecule has 0 spiro atoms. The van der Waals surface area contributed by atoms with Crippen LogP contribution in [-0.4, -0.2) is 6.36 Å². The van der Waals surface area contributed by atoms with Gasteiger partial charge in [0.15, 0.2) is 11.6 Å². The Balaban J connectivity index is 1.60. The van der Waals surface area contributed by atoms with Gasteiger partial charge in [-0.2, -0.15) is 0 Å². The summed E-state index contributed by atoms with van der Waals surface area (Å²) in [6, 6.07) is 19.7. The van der Waals surface area contributed by atoms with E-state index in [-0.39, 0.29) is 5.56 Å². The lowest BCUT2D eigenvalue weighted by Gasteiger charge is -2.09. The SMILES string of the molecule is CCCCc1ccc2c(ccc3cc(C#Cc4ccc(OC(F)(F)F)c(F)c4)ccc32)c1. The lowest BCUT2D eigenvalue weighted by Crippen LogP contribution is -2.17. The van der Waals surface area contributed by atoms with Gasteiger partial charge in [0.25, 0.3) is 0 Å². The molecule has 0 heterocycles. The number of hydrogen-bond acceptors (Lipinski definition) is 1. The Bertz CT molecular complexity index is 1340. The molecule has 4 aromatic carbocycles. The van der Waals surface area contributed by atoms with E-state index in [1.54, 1.807) is 0 Å². The van der Waals surface area contributed by atoms with E-state index >= 15 is 0 Å². The van der Waals surface area contributed by atoms with Crippen LogP contribution >= 0.6 is 0 Å². The van der Waals surface area contributed by atoms with Crippen LogP contribution in [-0.2, 0) is 6.42 Å². The molecule has 0 bridgehead atoms. The molecule has 0 saturated heterocycles. The van der Waals surface area contributed by atoms with Crippen LogP contribution in [0.25, 0.3) is 21.5 Å². The number of aryl methyl sites for hydroxylation is 1. The second kappa shape index (κ2) is 8.92. The molecule has 4 rings (SSSR count). The molecule has 5 heteroatoms. The summed E-state index contributed by atoms with van der Waals surface area (Å²) in [5.41, 5.74) is 2.32. The predicted octanol–water partition coefficient (Wildman–Crippen LogP) is 7.77. The Morgan fingerprint density at radius 3 is 2.06 bits per heavy atom. The van der Waals surface area contributed by atoms with Crippen molar-refractivity contribution in [3.05, 3.63) is 89.2 Å². The van der Waals surface area contributed by atoms with Gasteiger partial charge >= 0.3 is 6.36 Å². The Morgan fingerprint density at radius 2 is 1.41 bits per heavy atom. The number of ether oxygens (including phenoxy) is 1. The van der Waals surface area contributed by atoms with Gasteiger partial charge in [-0.05, 0) is 70.3 Å². The fourth-order valence-corrected chi connectivity index (χ4v) is 3.67. The molecule has 32 heavy (non-hydrogen) atoms. The van der Waals surface area contributed by atoms with Crippen LogP contribution in [0.15, 0.2) is 66.7 Å². The lowest BCUT2D eigenvalue weighted by molar-refractivity contribution is -0.275. The van der Waals surface area contributed by atoms with Gasteiger partial charge in [0, 0.05) is 11.1 Å². The molecule has 0 N–H and O–H groups in total. The molecule has 162 valence electrons. The van der Waals surface area contributed by atoms with Gasteiger partial charge in [0.1, 0.15) is 0 Å². The summed E-state index contributed by atoms with van der Waals surface area (Å²) in [6.45, 7) is 2.18. The largest absolute Gasteiger partial charge is 0.573 e. The lowest BCUT2D eigenvalue weighted by atomic mass is 9.97.